The van der Waals surface area contributed by atoms with Crippen molar-refractivity contribution in [2.24, 2.45) is 5.18 Å². The summed E-state index contributed by atoms with van der Waals surface area (Å²) in [6, 6.07) is 6.19. The van der Waals surface area contributed by atoms with Crippen molar-refractivity contribution in [2.75, 3.05) is 13.7 Å². The van der Waals surface area contributed by atoms with Crippen LogP contribution in [-0.2, 0) is 5.60 Å². The summed E-state index contributed by atoms with van der Waals surface area (Å²) < 4.78 is 10.9. The Balaban J connectivity index is 1.91. The van der Waals surface area contributed by atoms with Gasteiger partial charge in [-0.05, 0) is 63.8 Å². The number of aryl methyl sites for hydroxylation is 1. The number of nitrogens with zero attached hydrogens (tertiary/aromatic N) is 4. The van der Waals surface area contributed by atoms with Crippen LogP contribution in [0.15, 0.2) is 28.3 Å². The number of methoxy groups -OCH3 is 1. The van der Waals surface area contributed by atoms with Crippen molar-refractivity contribution in [1.29, 1.82) is 0 Å². The lowest BCUT2D eigenvalue weighted by molar-refractivity contribution is 0.0773. The van der Waals surface area contributed by atoms with Gasteiger partial charge < -0.3 is 9.84 Å². The van der Waals surface area contributed by atoms with Gasteiger partial charge in [-0.15, -0.1) is 0 Å². The molecule has 10 heteroatoms. The van der Waals surface area contributed by atoms with Crippen LogP contribution in [0.5, 0.6) is 5.75 Å². The standard InChI is InChI=1S/C22H31N5O3S2/c1-6-7-8-16(11-12-23-29)26-32-18-13-15(9-10-17(18)30-5)19-14(2)24-21-27(19)25-20(31-21)22(3,4)28/h9-10,13,16,26,28H,6-8,11-12H2,1-5H3. The van der Waals surface area contributed by atoms with E-state index in [0.29, 0.717) is 18.0 Å². The topological polar surface area (TPSA) is 101 Å². The molecule has 0 aliphatic rings. The second-order valence-electron chi connectivity index (χ2n) is 8.27. The van der Waals surface area contributed by atoms with Crippen molar-refractivity contribution in [3.63, 3.8) is 0 Å². The Morgan fingerprint density at radius 1 is 1.38 bits per heavy atom. The van der Waals surface area contributed by atoms with E-state index in [9.17, 15) is 10.0 Å². The van der Waals surface area contributed by atoms with E-state index in [1.54, 1.807) is 25.5 Å². The number of hydrogen-bond acceptors (Lipinski definition) is 9. The minimum atomic E-state index is -1.02. The minimum absolute atomic E-state index is 0.197. The Kier molecular flexibility index (Phi) is 8.26. The smallest absolute Gasteiger partial charge is 0.213 e. The predicted octanol–water partition coefficient (Wildman–Crippen LogP) is 5.31. The second-order valence-corrected chi connectivity index (χ2v) is 10.1. The van der Waals surface area contributed by atoms with Crippen molar-refractivity contribution < 1.29 is 9.84 Å². The molecule has 1 aromatic carbocycles. The van der Waals surface area contributed by atoms with Crippen LogP contribution in [0, 0.1) is 11.8 Å². The molecule has 0 amide bonds. The largest absolute Gasteiger partial charge is 0.496 e. The lowest BCUT2D eigenvalue weighted by atomic mass is 10.1. The molecule has 3 rings (SSSR count). The lowest BCUT2D eigenvalue weighted by Crippen LogP contribution is -2.24. The number of fused-ring (bicyclic) bond motifs is 1. The highest BCUT2D eigenvalue weighted by molar-refractivity contribution is 7.97. The van der Waals surface area contributed by atoms with Crippen LogP contribution in [-0.4, -0.2) is 39.4 Å². The van der Waals surface area contributed by atoms with Gasteiger partial charge in [-0.2, -0.15) is 10.0 Å². The molecule has 0 fully saturated rings. The number of nitroso groups, excluding NO2 is 1. The average Bonchev–Trinajstić information content (AvgIpc) is 3.30. The number of hydrogen-bond donors (Lipinski definition) is 2. The quantitative estimate of drug-likeness (QED) is 0.269. The first kappa shape index (κ1) is 24.6. The number of aliphatic hydroxyl groups is 1. The molecule has 2 N–H and O–H groups in total. The van der Waals surface area contributed by atoms with Crippen LogP contribution in [0.25, 0.3) is 16.2 Å². The molecule has 0 radical (unpaired) electrons. The van der Waals surface area contributed by atoms with Gasteiger partial charge in [0.05, 0.1) is 29.9 Å². The third-order valence-electron chi connectivity index (χ3n) is 5.15. The number of benzene rings is 1. The zero-order valence-electron chi connectivity index (χ0n) is 19.2. The van der Waals surface area contributed by atoms with Crippen LogP contribution in [0.1, 0.15) is 57.2 Å². The maximum atomic E-state index is 10.6. The van der Waals surface area contributed by atoms with Gasteiger partial charge in [-0.3, -0.25) is 4.72 Å². The van der Waals surface area contributed by atoms with Crippen LogP contribution in [0.4, 0.5) is 0 Å². The van der Waals surface area contributed by atoms with E-state index in [1.165, 1.54) is 23.3 Å². The zero-order chi connectivity index (χ0) is 23.3. The molecule has 2 aromatic heterocycles. The highest BCUT2D eigenvalue weighted by atomic mass is 32.2. The van der Waals surface area contributed by atoms with Gasteiger partial charge in [0.15, 0.2) is 0 Å². The minimum Gasteiger partial charge on any atom is -0.496 e. The summed E-state index contributed by atoms with van der Waals surface area (Å²) in [5, 5.41) is 18.6. The summed E-state index contributed by atoms with van der Waals surface area (Å²) in [5.41, 5.74) is 1.71. The molecule has 0 aliphatic carbocycles. The molecule has 0 bridgehead atoms. The molecule has 2 heterocycles. The Labute approximate surface area is 196 Å². The first-order valence-corrected chi connectivity index (χ1v) is 12.4. The van der Waals surface area contributed by atoms with E-state index in [1.807, 2.05) is 19.1 Å². The van der Waals surface area contributed by atoms with Crippen LogP contribution < -0.4 is 9.46 Å². The van der Waals surface area contributed by atoms with E-state index in [0.717, 1.165) is 51.8 Å². The Morgan fingerprint density at radius 2 is 2.16 bits per heavy atom. The lowest BCUT2D eigenvalue weighted by Gasteiger charge is -2.18. The van der Waals surface area contributed by atoms with E-state index >= 15 is 0 Å². The molecular formula is C22H31N5O3S2. The molecular weight excluding hydrogens is 446 g/mol. The highest BCUT2D eigenvalue weighted by Crippen LogP contribution is 2.36. The Bertz CT molecular complexity index is 1060. The molecule has 0 spiro atoms. The Hall–Kier alpha value is -2.01. The number of aromatic nitrogens is 3. The zero-order valence-corrected chi connectivity index (χ0v) is 20.8. The molecule has 1 atom stereocenters. The summed E-state index contributed by atoms with van der Waals surface area (Å²) in [5.74, 6) is 0.767. The summed E-state index contributed by atoms with van der Waals surface area (Å²) in [7, 11) is 1.66. The number of unbranched alkanes of at least 4 members (excludes halogenated alkanes) is 1. The Morgan fingerprint density at radius 3 is 2.81 bits per heavy atom. The summed E-state index contributed by atoms with van der Waals surface area (Å²) in [6.45, 7) is 7.87. The fourth-order valence-electron chi connectivity index (χ4n) is 3.40. The third kappa shape index (κ3) is 5.67. The van der Waals surface area contributed by atoms with Gasteiger partial charge in [0.1, 0.15) is 16.4 Å². The average molecular weight is 478 g/mol. The van der Waals surface area contributed by atoms with Crippen molar-refractivity contribution >= 4 is 28.2 Å². The van der Waals surface area contributed by atoms with E-state index < -0.39 is 5.60 Å². The van der Waals surface area contributed by atoms with Crippen molar-refractivity contribution in [3.8, 4) is 17.0 Å². The van der Waals surface area contributed by atoms with Gasteiger partial charge in [-0.25, -0.2) is 9.50 Å². The molecule has 0 aliphatic heterocycles. The predicted molar refractivity (Wildman–Crippen MR) is 130 cm³/mol. The van der Waals surface area contributed by atoms with Crippen molar-refractivity contribution in [1.82, 2.24) is 19.3 Å². The number of rotatable bonds is 12. The molecule has 3 aromatic rings. The molecule has 32 heavy (non-hydrogen) atoms. The van der Waals surface area contributed by atoms with E-state index in [2.05, 4.69) is 33.0 Å². The van der Waals surface area contributed by atoms with Gasteiger partial charge in [0.2, 0.25) is 4.96 Å². The number of nitrogens with one attached hydrogen (secondary N) is 1. The normalized spacial score (nSPS) is 12.9. The molecule has 0 saturated carbocycles. The van der Waals surface area contributed by atoms with Crippen LogP contribution in [0.3, 0.4) is 0 Å². The first-order chi connectivity index (χ1) is 15.3. The van der Waals surface area contributed by atoms with E-state index in [4.69, 9.17) is 4.74 Å². The van der Waals surface area contributed by atoms with Gasteiger partial charge in [0, 0.05) is 11.6 Å². The first-order valence-electron chi connectivity index (χ1n) is 10.8. The van der Waals surface area contributed by atoms with E-state index in [-0.39, 0.29) is 6.04 Å². The molecule has 0 saturated heterocycles. The fourth-order valence-corrected chi connectivity index (χ4v) is 5.31. The molecule has 174 valence electrons. The van der Waals surface area contributed by atoms with Gasteiger partial charge >= 0.3 is 0 Å². The fraction of sp³-hybridized carbons (Fsp3) is 0.545. The summed E-state index contributed by atoms with van der Waals surface area (Å²) in [4.78, 5) is 16.9. The van der Waals surface area contributed by atoms with Crippen molar-refractivity contribution in [3.05, 3.63) is 33.8 Å². The van der Waals surface area contributed by atoms with Gasteiger partial charge in [0.25, 0.3) is 0 Å². The number of ether oxygens (including phenoxy) is 1. The van der Waals surface area contributed by atoms with Crippen molar-refractivity contribution in [2.45, 2.75) is 69.9 Å². The third-order valence-corrected chi connectivity index (χ3v) is 7.36. The van der Waals surface area contributed by atoms with Gasteiger partial charge in [-0.1, -0.05) is 36.3 Å². The molecule has 1 unspecified atom stereocenters. The maximum absolute atomic E-state index is 10.6. The SMILES string of the molecule is CCCCC(CCN=O)NSc1cc(-c2c(C)nc3sc(C(C)(C)O)nn23)ccc1OC. The van der Waals surface area contributed by atoms with Crippen LogP contribution >= 0.6 is 23.3 Å². The maximum Gasteiger partial charge on any atom is 0.213 e. The monoisotopic (exact) mass is 477 g/mol. The summed E-state index contributed by atoms with van der Waals surface area (Å²) in [6.07, 6.45) is 3.89. The number of imidazole rings is 1. The highest BCUT2D eigenvalue weighted by Gasteiger charge is 2.25. The second kappa shape index (κ2) is 10.7. The molecule has 8 nitrogen and oxygen atoms in total. The summed E-state index contributed by atoms with van der Waals surface area (Å²) >= 11 is 2.90. The van der Waals surface area contributed by atoms with Crippen LogP contribution in [0.2, 0.25) is 0 Å².